The number of primary amides is 1. The minimum absolute atomic E-state index is 0.126. The zero-order valence-corrected chi connectivity index (χ0v) is 14.7. The molecule has 132 valence electrons. The van der Waals surface area contributed by atoms with Gasteiger partial charge < -0.3 is 15.2 Å². The van der Waals surface area contributed by atoms with Crippen molar-refractivity contribution in [2.75, 3.05) is 13.1 Å². The van der Waals surface area contributed by atoms with Gasteiger partial charge in [-0.25, -0.2) is 4.98 Å². The molecule has 0 aliphatic carbocycles. The Hall–Kier alpha value is -2.34. The summed E-state index contributed by atoms with van der Waals surface area (Å²) in [7, 11) is 0. The Kier molecular flexibility index (Phi) is 5.38. The standard InChI is InChI=1S/C18H21ClN4O2/c19-15-3-1-13(2-4-15)11-17(25)22-8-5-14(6-9-22)18-21-7-10-23(18)12-16(20)24/h1-4,7,10,14H,5-6,8-9,11-12H2,(H2,20,24). The number of likely N-dealkylation sites (tertiary alicyclic amines) is 1. The molecule has 1 aliphatic heterocycles. The third kappa shape index (κ3) is 4.39. The van der Waals surface area contributed by atoms with Crippen LogP contribution in [0.25, 0.3) is 0 Å². The van der Waals surface area contributed by atoms with Crippen molar-refractivity contribution in [3.05, 3.63) is 53.1 Å². The molecule has 2 aromatic rings. The molecule has 2 amide bonds. The Balaban J connectivity index is 1.56. The number of halogens is 1. The van der Waals surface area contributed by atoms with Crippen molar-refractivity contribution < 1.29 is 9.59 Å². The molecule has 0 atom stereocenters. The summed E-state index contributed by atoms with van der Waals surface area (Å²) in [6, 6.07) is 7.37. The number of imidazole rings is 1. The summed E-state index contributed by atoms with van der Waals surface area (Å²) < 4.78 is 1.80. The summed E-state index contributed by atoms with van der Waals surface area (Å²) >= 11 is 5.87. The van der Waals surface area contributed by atoms with Crippen LogP contribution in [-0.4, -0.2) is 39.4 Å². The van der Waals surface area contributed by atoms with Crippen LogP contribution >= 0.6 is 11.6 Å². The molecule has 1 aromatic heterocycles. The Morgan fingerprint density at radius 3 is 2.52 bits per heavy atom. The van der Waals surface area contributed by atoms with E-state index in [0.717, 1.165) is 24.2 Å². The number of carbonyl (C=O) groups is 2. The van der Waals surface area contributed by atoms with Gasteiger partial charge in [-0.15, -0.1) is 0 Å². The summed E-state index contributed by atoms with van der Waals surface area (Å²) in [5.74, 6) is 0.869. The molecular formula is C18H21ClN4O2. The molecule has 0 saturated carbocycles. The molecule has 0 bridgehead atoms. The average molecular weight is 361 g/mol. The zero-order chi connectivity index (χ0) is 17.8. The molecule has 1 aromatic carbocycles. The van der Waals surface area contributed by atoms with Gasteiger partial charge in [0.25, 0.3) is 0 Å². The molecule has 1 fully saturated rings. The van der Waals surface area contributed by atoms with Gasteiger partial charge in [0, 0.05) is 36.4 Å². The largest absolute Gasteiger partial charge is 0.368 e. The first-order valence-electron chi connectivity index (χ1n) is 8.34. The molecule has 7 heteroatoms. The fourth-order valence-corrected chi connectivity index (χ4v) is 3.38. The minimum atomic E-state index is -0.380. The highest BCUT2D eigenvalue weighted by Gasteiger charge is 2.26. The Labute approximate surface area is 151 Å². The third-order valence-corrected chi connectivity index (χ3v) is 4.81. The van der Waals surface area contributed by atoms with Crippen molar-refractivity contribution >= 4 is 23.4 Å². The van der Waals surface area contributed by atoms with Crippen LogP contribution in [-0.2, 0) is 22.6 Å². The summed E-state index contributed by atoms with van der Waals surface area (Å²) in [4.78, 5) is 29.9. The molecular weight excluding hydrogens is 340 g/mol. The van der Waals surface area contributed by atoms with E-state index in [4.69, 9.17) is 17.3 Å². The van der Waals surface area contributed by atoms with Crippen LogP contribution in [0.2, 0.25) is 5.02 Å². The highest BCUT2D eigenvalue weighted by atomic mass is 35.5. The first-order valence-corrected chi connectivity index (χ1v) is 8.72. The van der Waals surface area contributed by atoms with Crippen LogP contribution in [0.4, 0.5) is 0 Å². The number of nitrogens with zero attached hydrogens (tertiary/aromatic N) is 3. The van der Waals surface area contributed by atoms with Crippen molar-refractivity contribution in [2.45, 2.75) is 31.7 Å². The van der Waals surface area contributed by atoms with Gasteiger partial charge in [-0.05, 0) is 30.5 Å². The van der Waals surface area contributed by atoms with Crippen LogP contribution in [0.5, 0.6) is 0 Å². The van der Waals surface area contributed by atoms with E-state index in [2.05, 4.69) is 4.98 Å². The topological polar surface area (TPSA) is 81.2 Å². The van der Waals surface area contributed by atoms with Gasteiger partial charge in [0.2, 0.25) is 11.8 Å². The summed E-state index contributed by atoms with van der Waals surface area (Å²) in [5, 5.41) is 0.670. The van der Waals surface area contributed by atoms with Gasteiger partial charge in [-0.1, -0.05) is 23.7 Å². The van der Waals surface area contributed by atoms with Crippen LogP contribution in [0.15, 0.2) is 36.7 Å². The number of hydrogen-bond donors (Lipinski definition) is 1. The fourth-order valence-electron chi connectivity index (χ4n) is 3.26. The van der Waals surface area contributed by atoms with Crippen LogP contribution in [0.1, 0.15) is 30.1 Å². The predicted molar refractivity (Wildman–Crippen MR) is 95.1 cm³/mol. The second-order valence-corrected chi connectivity index (χ2v) is 6.77. The molecule has 2 N–H and O–H groups in total. The van der Waals surface area contributed by atoms with Crippen LogP contribution < -0.4 is 5.73 Å². The number of aromatic nitrogens is 2. The molecule has 3 rings (SSSR count). The summed E-state index contributed by atoms with van der Waals surface area (Å²) in [5.41, 5.74) is 6.24. The van der Waals surface area contributed by atoms with Gasteiger partial charge in [0.05, 0.1) is 6.42 Å². The van der Waals surface area contributed by atoms with Crippen molar-refractivity contribution in [3.8, 4) is 0 Å². The lowest BCUT2D eigenvalue weighted by molar-refractivity contribution is -0.131. The molecule has 25 heavy (non-hydrogen) atoms. The summed E-state index contributed by atoms with van der Waals surface area (Å²) in [6.07, 6.45) is 5.52. The smallest absolute Gasteiger partial charge is 0.237 e. The second kappa shape index (κ2) is 7.70. The van der Waals surface area contributed by atoms with E-state index < -0.39 is 0 Å². The molecule has 2 heterocycles. The molecule has 0 spiro atoms. The number of piperidine rings is 1. The number of carbonyl (C=O) groups excluding carboxylic acids is 2. The maximum atomic E-state index is 12.5. The van der Waals surface area contributed by atoms with E-state index in [1.165, 1.54) is 0 Å². The average Bonchev–Trinajstić information content (AvgIpc) is 3.04. The maximum absolute atomic E-state index is 12.5. The van der Waals surface area contributed by atoms with Gasteiger partial charge >= 0.3 is 0 Å². The lowest BCUT2D eigenvalue weighted by Gasteiger charge is -2.32. The molecule has 0 radical (unpaired) electrons. The quantitative estimate of drug-likeness (QED) is 0.885. The lowest BCUT2D eigenvalue weighted by atomic mass is 9.95. The number of benzene rings is 1. The lowest BCUT2D eigenvalue weighted by Crippen LogP contribution is -2.39. The van der Waals surface area contributed by atoms with Gasteiger partial charge in [-0.3, -0.25) is 9.59 Å². The van der Waals surface area contributed by atoms with Crippen LogP contribution in [0.3, 0.4) is 0 Å². The molecule has 6 nitrogen and oxygen atoms in total. The minimum Gasteiger partial charge on any atom is -0.368 e. The van der Waals surface area contributed by atoms with E-state index in [1.54, 1.807) is 29.1 Å². The SMILES string of the molecule is NC(=O)Cn1ccnc1C1CCN(C(=O)Cc2ccc(Cl)cc2)CC1. The normalized spacial score (nSPS) is 15.3. The van der Waals surface area contributed by atoms with Crippen molar-refractivity contribution in [2.24, 2.45) is 5.73 Å². The maximum Gasteiger partial charge on any atom is 0.237 e. The van der Waals surface area contributed by atoms with Gasteiger partial charge in [0.15, 0.2) is 0 Å². The highest BCUT2D eigenvalue weighted by Crippen LogP contribution is 2.27. The predicted octanol–water partition coefficient (Wildman–Crippen LogP) is 1.97. The second-order valence-electron chi connectivity index (χ2n) is 6.34. The first-order chi connectivity index (χ1) is 12.0. The Morgan fingerprint density at radius 2 is 1.88 bits per heavy atom. The number of nitrogens with two attached hydrogens (primary N) is 1. The fraction of sp³-hybridized carbons (Fsp3) is 0.389. The first kappa shape index (κ1) is 17.5. The van der Waals surface area contributed by atoms with E-state index in [0.29, 0.717) is 24.5 Å². The van der Waals surface area contributed by atoms with Crippen molar-refractivity contribution in [3.63, 3.8) is 0 Å². The monoisotopic (exact) mass is 360 g/mol. The number of rotatable bonds is 5. The van der Waals surface area contributed by atoms with Gasteiger partial charge in [0.1, 0.15) is 12.4 Å². The van der Waals surface area contributed by atoms with E-state index in [-0.39, 0.29) is 24.3 Å². The van der Waals surface area contributed by atoms with Crippen LogP contribution in [0, 0.1) is 0 Å². The highest BCUT2D eigenvalue weighted by molar-refractivity contribution is 6.30. The van der Waals surface area contributed by atoms with E-state index in [1.807, 2.05) is 17.0 Å². The Bertz CT molecular complexity index is 749. The summed E-state index contributed by atoms with van der Waals surface area (Å²) in [6.45, 7) is 1.53. The zero-order valence-electron chi connectivity index (χ0n) is 13.9. The molecule has 0 unspecified atom stereocenters. The van der Waals surface area contributed by atoms with E-state index in [9.17, 15) is 9.59 Å². The van der Waals surface area contributed by atoms with Crippen molar-refractivity contribution in [1.29, 1.82) is 0 Å². The number of hydrogen-bond acceptors (Lipinski definition) is 3. The molecule has 1 saturated heterocycles. The van der Waals surface area contributed by atoms with E-state index >= 15 is 0 Å². The number of amides is 2. The van der Waals surface area contributed by atoms with Crippen molar-refractivity contribution in [1.82, 2.24) is 14.5 Å². The molecule has 1 aliphatic rings. The van der Waals surface area contributed by atoms with Gasteiger partial charge in [-0.2, -0.15) is 0 Å². The Morgan fingerprint density at radius 1 is 1.20 bits per heavy atom. The third-order valence-electron chi connectivity index (χ3n) is 4.56.